The maximum atomic E-state index is 9.83. The lowest BCUT2D eigenvalue weighted by Gasteiger charge is -2.26. The van der Waals surface area contributed by atoms with E-state index in [1.165, 1.54) is 0 Å². The molecular formula is C51H35N5. The van der Waals surface area contributed by atoms with Gasteiger partial charge in [-0.2, -0.15) is 0 Å². The normalized spacial score (nSPS) is 13.2. The van der Waals surface area contributed by atoms with E-state index in [2.05, 4.69) is 155 Å². The van der Waals surface area contributed by atoms with Crippen LogP contribution in [0.3, 0.4) is 0 Å². The van der Waals surface area contributed by atoms with Gasteiger partial charge in [0, 0.05) is 44.3 Å². The zero-order valence-corrected chi connectivity index (χ0v) is 30.4. The van der Waals surface area contributed by atoms with Gasteiger partial charge in [0.05, 0.1) is 33.8 Å². The molecule has 1 aliphatic heterocycles. The van der Waals surface area contributed by atoms with Crippen molar-refractivity contribution in [2.24, 2.45) is 0 Å². The highest BCUT2D eigenvalue weighted by atomic mass is 15.2. The molecule has 0 saturated carbocycles. The molecule has 2 aromatic heterocycles. The molecule has 0 aliphatic carbocycles. The van der Waals surface area contributed by atoms with Crippen LogP contribution in [0.15, 0.2) is 194 Å². The maximum absolute atomic E-state index is 9.83. The highest BCUT2D eigenvalue weighted by molar-refractivity contribution is 6.36. The Balaban J connectivity index is 1.10. The fourth-order valence-corrected chi connectivity index (χ4v) is 7.76. The van der Waals surface area contributed by atoms with Gasteiger partial charge in [-0.05, 0) is 41.0 Å². The van der Waals surface area contributed by atoms with Crippen molar-refractivity contribution >= 4 is 50.6 Å². The zero-order chi connectivity index (χ0) is 37.4. The van der Waals surface area contributed by atoms with E-state index in [0.717, 1.165) is 89.1 Å². The number of hydrogen-bond donors (Lipinski definition) is 2. The number of nitrogens with zero attached hydrogens (tertiary/aromatic N) is 3. The van der Waals surface area contributed by atoms with Gasteiger partial charge in [-0.3, -0.25) is 9.98 Å². The summed E-state index contributed by atoms with van der Waals surface area (Å²) >= 11 is 0. The fraction of sp³-hybridized carbons (Fsp3) is 0. The Hall–Kier alpha value is -7.63. The molecule has 2 N–H and O–H groups in total. The second-order valence-corrected chi connectivity index (χ2v) is 13.9. The number of allylic oxidation sites excluding steroid dienone is 1. The Labute approximate surface area is 325 Å². The van der Waals surface area contributed by atoms with Gasteiger partial charge >= 0.3 is 0 Å². The third-order valence-corrected chi connectivity index (χ3v) is 10.5. The van der Waals surface area contributed by atoms with Gasteiger partial charge in [-0.1, -0.05) is 176 Å². The number of nitrogens with one attached hydrogen (secondary N) is 2. The average Bonchev–Trinajstić information content (AvgIpc) is 3.62. The molecule has 5 nitrogen and oxygen atoms in total. The van der Waals surface area contributed by atoms with Gasteiger partial charge in [0.2, 0.25) is 5.95 Å². The van der Waals surface area contributed by atoms with Crippen molar-refractivity contribution in [2.45, 2.75) is 0 Å². The van der Waals surface area contributed by atoms with E-state index in [1.54, 1.807) is 0 Å². The molecule has 5 heteroatoms. The number of aromatic nitrogens is 3. The zero-order valence-electron chi connectivity index (χ0n) is 30.4. The van der Waals surface area contributed by atoms with Gasteiger partial charge in [0.1, 0.15) is 0 Å². The first-order chi connectivity index (χ1) is 27.7. The molecule has 0 unspecified atom stereocenters. The summed E-state index contributed by atoms with van der Waals surface area (Å²) in [6.07, 6.45) is 2.19. The van der Waals surface area contributed by atoms with Crippen molar-refractivity contribution in [1.82, 2.24) is 19.9 Å². The molecule has 3 heterocycles. The number of rotatable bonds is 7. The second kappa shape index (κ2) is 14.0. The van der Waals surface area contributed by atoms with Gasteiger partial charge in [-0.15, -0.1) is 0 Å². The molecule has 0 atom stereocenters. The molecule has 0 saturated heterocycles. The minimum atomic E-state index is 0.424. The van der Waals surface area contributed by atoms with Gasteiger partial charge < -0.3 is 5.32 Å². The van der Waals surface area contributed by atoms with E-state index >= 15 is 0 Å². The van der Waals surface area contributed by atoms with Crippen molar-refractivity contribution in [1.29, 1.82) is 5.41 Å². The summed E-state index contributed by atoms with van der Waals surface area (Å²) in [7, 11) is 0. The molecule has 56 heavy (non-hydrogen) atoms. The summed E-state index contributed by atoms with van der Waals surface area (Å²) < 4.78 is 2.16. The van der Waals surface area contributed by atoms with Crippen LogP contribution in [0.25, 0.3) is 73.3 Å². The topological polar surface area (TPSA) is 66.6 Å². The molecule has 10 rings (SSSR count). The van der Waals surface area contributed by atoms with E-state index in [4.69, 9.17) is 9.97 Å². The van der Waals surface area contributed by atoms with Crippen molar-refractivity contribution < 1.29 is 0 Å². The van der Waals surface area contributed by atoms with Crippen molar-refractivity contribution in [3.8, 4) is 28.5 Å². The van der Waals surface area contributed by atoms with Gasteiger partial charge in [-0.25, -0.2) is 9.97 Å². The lowest BCUT2D eigenvalue weighted by atomic mass is 9.88. The predicted molar refractivity (Wildman–Crippen MR) is 231 cm³/mol. The summed E-state index contributed by atoms with van der Waals surface area (Å²) in [5.41, 5.74) is 13.9. The van der Waals surface area contributed by atoms with Crippen LogP contribution < -0.4 is 5.32 Å². The molecule has 0 radical (unpaired) electrons. The summed E-state index contributed by atoms with van der Waals surface area (Å²) in [6, 6.07) is 66.4. The van der Waals surface area contributed by atoms with Crippen LogP contribution in [0.2, 0.25) is 0 Å². The lowest BCUT2D eigenvalue weighted by Crippen LogP contribution is -2.20. The molecule has 9 aromatic rings. The Bertz CT molecular complexity index is 2920. The van der Waals surface area contributed by atoms with Crippen LogP contribution in [-0.2, 0) is 0 Å². The number of fused-ring (bicyclic) bond motifs is 4. The molecule has 0 spiro atoms. The average molecular weight is 718 g/mol. The maximum Gasteiger partial charge on any atom is 0.235 e. The van der Waals surface area contributed by atoms with Gasteiger partial charge in [0.25, 0.3) is 0 Å². The summed E-state index contributed by atoms with van der Waals surface area (Å²) in [5.74, 6) is 0.607. The van der Waals surface area contributed by atoms with E-state index in [0.29, 0.717) is 11.7 Å². The van der Waals surface area contributed by atoms with Crippen LogP contribution in [0.1, 0.15) is 27.8 Å². The Morgan fingerprint density at radius 1 is 0.482 bits per heavy atom. The minimum Gasteiger partial charge on any atom is -0.354 e. The summed E-state index contributed by atoms with van der Waals surface area (Å²) in [6.45, 7) is 0. The number of para-hydroxylation sites is 2. The largest absolute Gasteiger partial charge is 0.354 e. The Morgan fingerprint density at radius 3 is 1.64 bits per heavy atom. The molecule has 0 fully saturated rings. The highest BCUT2D eigenvalue weighted by Gasteiger charge is 2.24. The summed E-state index contributed by atoms with van der Waals surface area (Å²) in [4.78, 5) is 10.4. The van der Waals surface area contributed by atoms with Crippen molar-refractivity contribution in [3.63, 3.8) is 0 Å². The van der Waals surface area contributed by atoms with E-state index < -0.39 is 0 Å². The SMILES string of the molecule is N=C(/C(=C1\NC(c2ccccc2)=Cc2ccccc21)c1ccccc1)c1ccc(-c2cc(-c3ccccc3)nc(-n3c4ccccc4c4ccccc43)n2)cc1. The van der Waals surface area contributed by atoms with E-state index in [1.807, 2.05) is 54.6 Å². The standard InChI is InChI=1S/C51H35N5/c52-49(48(37-20-8-3-9-21-37)50-40-23-11-10-22-39(40)32-43(53-50)34-16-4-1-5-17-34)38-30-28-36(29-31-38)45-33-44(35-18-6-2-7-19-35)54-51(55-45)56-46-26-14-12-24-41(46)42-25-13-15-27-47(42)56/h1-33,52-53H/b50-48-,52-49?. The number of benzene rings is 7. The lowest BCUT2D eigenvalue weighted by molar-refractivity contribution is 0.995. The third kappa shape index (κ3) is 5.88. The van der Waals surface area contributed by atoms with Crippen LogP contribution in [0, 0.1) is 5.41 Å². The molecule has 0 amide bonds. The van der Waals surface area contributed by atoms with Crippen LogP contribution in [0.5, 0.6) is 0 Å². The molecule has 0 bridgehead atoms. The van der Waals surface area contributed by atoms with E-state index in [9.17, 15) is 5.41 Å². The molecular weight excluding hydrogens is 683 g/mol. The smallest absolute Gasteiger partial charge is 0.235 e. The monoisotopic (exact) mass is 717 g/mol. The number of hydrogen-bond acceptors (Lipinski definition) is 4. The van der Waals surface area contributed by atoms with Crippen molar-refractivity contribution in [3.05, 3.63) is 222 Å². The molecule has 1 aliphatic rings. The molecule has 7 aromatic carbocycles. The third-order valence-electron chi connectivity index (χ3n) is 10.5. The molecule has 264 valence electrons. The van der Waals surface area contributed by atoms with Crippen molar-refractivity contribution in [2.75, 3.05) is 0 Å². The predicted octanol–water partition coefficient (Wildman–Crippen LogP) is 11.9. The van der Waals surface area contributed by atoms with Crippen LogP contribution in [0.4, 0.5) is 0 Å². The Kier molecular flexibility index (Phi) is 8.23. The first-order valence-corrected chi connectivity index (χ1v) is 18.8. The second-order valence-electron chi connectivity index (χ2n) is 13.9. The summed E-state index contributed by atoms with van der Waals surface area (Å²) in [5, 5.41) is 15.9. The minimum absolute atomic E-state index is 0.424. The van der Waals surface area contributed by atoms with E-state index in [-0.39, 0.29) is 0 Å². The first kappa shape index (κ1) is 33.0. The quantitative estimate of drug-likeness (QED) is 0.161. The van der Waals surface area contributed by atoms with Gasteiger partial charge in [0.15, 0.2) is 0 Å². The fourth-order valence-electron chi connectivity index (χ4n) is 7.76. The van der Waals surface area contributed by atoms with Crippen LogP contribution in [-0.4, -0.2) is 20.2 Å². The Morgan fingerprint density at radius 2 is 1.00 bits per heavy atom. The van der Waals surface area contributed by atoms with Crippen LogP contribution >= 0.6 is 0 Å². The highest BCUT2D eigenvalue weighted by Crippen LogP contribution is 2.37. The first-order valence-electron chi connectivity index (χ1n) is 18.8.